The Hall–Kier alpha value is -1.99. The first-order chi connectivity index (χ1) is 13.4. The summed E-state index contributed by atoms with van der Waals surface area (Å²) in [4.78, 5) is 40.3. The van der Waals surface area contributed by atoms with E-state index in [0.717, 1.165) is 31.7 Å². The number of nitrogens with one attached hydrogen (secondary N) is 1. The number of carbonyl (C=O) groups excluding carboxylic acids is 2. The molecule has 4 heterocycles. The minimum atomic E-state index is -0.0829. The normalized spacial score (nSPS) is 31.9. The molecule has 5 atom stereocenters. The van der Waals surface area contributed by atoms with Crippen LogP contribution in [0.3, 0.4) is 0 Å². The molecule has 0 aromatic carbocycles. The zero-order valence-corrected chi connectivity index (χ0v) is 16.7. The van der Waals surface area contributed by atoms with E-state index in [-0.39, 0.29) is 35.9 Å². The minimum absolute atomic E-state index is 0.0113. The van der Waals surface area contributed by atoms with Crippen LogP contribution in [0.5, 0.6) is 0 Å². The fraction of sp³-hybridized carbons (Fsp3) is 0.667. The van der Waals surface area contributed by atoms with Gasteiger partial charge in [-0.3, -0.25) is 14.4 Å². The number of ketones is 1. The summed E-state index contributed by atoms with van der Waals surface area (Å²) in [6, 6.07) is 5.49. The maximum absolute atomic E-state index is 12.6. The first-order valence-corrected chi connectivity index (χ1v) is 10.4. The van der Waals surface area contributed by atoms with Gasteiger partial charge >= 0.3 is 0 Å². The number of pyridine rings is 1. The van der Waals surface area contributed by atoms with Gasteiger partial charge in [-0.2, -0.15) is 0 Å². The summed E-state index contributed by atoms with van der Waals surface area (Å²) < 4.78 is 7.57. The van der Waals surface area contributed by atoms with Crippen LogP contribution in [0.4, 0.5) is 0 Å². The Morgan fingerprint density at radius 3 is 2.64 bits per heavy atom. The molecular formula is C21H30N3O4+. The second-order valence-corrected chi connectivity index (χ2v) is 8.80. The van der Waals surface area contributed by atoms with Gasteiger partial charge in [0.15, 0.2) is 5.78 Å². The number of aromatic nitrogens is 1. The van der Waals surface area contributed by atoms with E-state index in [1.165, 1.54) is 4.90 Å². The van der Waals surface area contributed by atoms with Gasteiger partial charge in [0.05, 0.1) is 31.7 Å². The molecule has 2 bridgehead atoms. The van der Waals surface area contributed by atoms with Gasteiger partial charge in [0.1, 0.15) is 6.54 Å². The Kier molecular flexibility index (Phi) is 5.38. The Morgan fingerprint density at radius 2 is 1.89 bits per heavy atom. The molecule has 1 aromatic rings. The number of hydrogen-bond acceptors (Lipinski definition) is 4. The number of ether oxygens (including phenoxy) is 1. The topological polar surface area (TPSA) is 73.0 Å². The molecule has 0 radical (unpaired) electrons. The van der Waals surface area contributed by atoms with Gasteiger partial charge in [0.25, 0.3) is 5.56 Å². The van der Waals surface area contributed by atoms with Crippen molar-refractivity contribution in [2.75, 3.05) is 32.7 Å². The molecule has 0 saturated carbocycles. The Balaban J connectivity index is 1.35. The predicted octanol–water partition coefficient (Wildman–Crippen LogP) is -0.555. The van der Waals surface area contributed by atoms with Crippen molar-refractivity contribution in [2.45, 2.75) is 51.4 Å². The molecule has 1 unspecified atom stereocenters. The fourth-order valence-corrected chi connectivity index (χ4v) is 5.27. The number of quaternary nitrogens is 1. The molecule has 1 N–H and O–H groups in total. The highest BCUT2D eigenvalue weighted by molar-refractivity contribution is 5.98. The smallest absolute Gasteiger partial charge is 0.250 e. The highest BCUT2D eigenvalue weighted by atomic mass is 16.5. The van der Waals surface area contributed by atoms with Crippen molar-refractivity contribution in [1.82, 2.24) is 9.47 Å². The van der Waals surface area contributed by atoms with Crippen LogP contribution >= 0.6 is 0 Å². The molecular weight excluding hydrogens is 358 g/mol. The van der Waals surface area contributed by atoms with Gasteiger partial charge in [-0.25, -0.2) is 0 Å². The number of rotatable bonds is 4. The highest BCUT2D eigenvalue weighted by Gasteiger charge is 2.38. The number of Topliss-reactive ketones (excluding diaryl/α,β-unsaturated/α-hetero) is 1. The molecule has 3 aliphatic heterocycles. The number of morpholine rings is 1. The first-order valence-electron chi connectivity index (χ1n) is 10.4. The van der Waals surface area contributed by atoms with E-state index in [0.29, 0.717) is 31.5 Å². The van der Waals surface area contributed by atoms with E-state index >= 15 is 0 Å². The van der Waals surface area contributed by atoms with Gasteiger partial charge in [0, 0.05) is 43.2 Å². The molecule has 2 saturated heterocycles. The van der Waals surface area contributed by atoms with E-state index in [9.17, 15) is 14.4 Å². The van der Waals surface area contributed by atoms with Crippen LogP contribution in [0.2, 0.25) is 0 Å². The maximum atomic E-state index is 12.6. The number of fused-ring (bicyclic) bond motifs is 4. The van der Waals surface area contributed by atoms with Crippen molar-refractivity contribution in [3.63, 3.8) is 0 Å². The van der Waals surface area contributed by atoms with Crippen molar-refractivity contribution in [1.29, 1.82) is 0 Å². The zero-order chi connectivity index (χ0) is 19.8. The van der Waals surface area contributed by atoms with Crippen LogP contribution in [0.25, 0.3) is 0 Å². The summed E-state index contributed by atoms with van der Waals surface area (Å²) in [5.74, 6) is 0.671. The maximum Gasteiger partial charge on any atom is 0.250 e. The van der Waals surface area contributed by atoms with Gasteiger partial charge in [0.2, 0.25) is 5.91 Å². The molecule has 7 nitrogen and oxygen atoms in total. The molecule has 0 aliphatic carbocycles. The lowest BCUT2D eigenvalue weighted by atomic mass is 9.83. The van der Waals surface area contributed by atoms with Crippen LogP contribution in [0.15, 0.2) is 23.0 Å². The Labute approximate surface area is 165 Å². The second-order valence-electron chi connectivity index (χ2n) is 8.80. The van der Waals surface area contributed by atoms with Crippen molar-refractivity contribution in [3.05, 3.63) is 34.2 Å². The molecule has 4 rings (SSSR count). The summed E-state index contributed by atoms with van der Waals surface area (Å²) >= 11 is 0. The first kappa shape index (κ1) is 19.3. The molecule has 0 spiro atoms. The monoisotopic (exact) mass is 388 g/mol. The Bertz CT molecular complexity index is 810. The summed E-state index contributed by atoms with van der Waals surface area (Å²) in [6.07, 6.45) is 1.09. The third-order valence-corrected chi connectivity index (χ3v) is 6.24. The van der Waals surface area contributed by atoms with E-state index in [1.807, 2.05) is 30.5 Å². The van der Waals surface area contributed by atoms with E-state index in [1.54, 1.807) is 11.0 Å². The van der Waals surface area contributed by atoms with Gasteiger partial charge in [-0.1, -0.05) is 6.07 Å². The van der Waals surface area contributed by atoms with Crippen molar-refractivity contribution in [3.8, 4) is 0 Å². The lowest BCUT2D eigenvalue weighted by Gasteiger charge is -2.40. The van der Waals surface area contributed by atoms with E-state index < -0.39 is 0 Å². The molecule has 1 aromatic heterocycles. The predicted molar refractivity (Wildman–Crippen MR) is 103 cm³/mol. The van der Waals surface area contributed by atoms with Gasteiger partial charge in [-0.15, -0.1) is 0 Å². The quantitative estimate of drug-likeness (QED) is 0.703. The average Bonchev–Trinajstić information content (AvgIpc) is 2.61. The summed E-state index contributed by atoms with van der Waals surface area (Å²) in [6.45, 7) is 7.91. The van der Waals surface area contributed by atoms with Gasteiger partial charge in [-0.05, 0) is 26.3 Å². The number of hydrogen-bond donors (Lipinski definition) is 1. The van der Waals surface area contributed by atoms with Crippen LogP contribution in [-0.4, -0.2) is 66.1 Å². The van der Waals surface area contributed by atoms with Crippen molar-refractivity contribution >= 4 is 11.7 Å². The lowest BCUT2D eigenvalue weighted by Crippen LogP contribution is -3.15. The third-order valence-electron chi connectivity index (χ3n) is 6.24. The minimum Gasteiger partial charge on any atom is -0.372 e. The van der Waals surface area contributed by atoms with Crippen LogP contribution in [0, 0.1) is 5.92 Å². The second kappa shape index (κ2) is 7.79. The number of nitrogens with zero attached hydrogens (tertiary/aromatic N) is 2. The zero-order valence-electron chi connectivity index (χ0n) is 16.7. The fourth-order valence-electron chi connectivity index (χ4n) is 5.27. The summed E-state index contributed by atoms with van der Waals surface area (Å²) in [7, 11) is 0. The molecule has 7 heteroatoms. The SMILES string of the molecule is C[C@@H]1CN(C(=O)CC(=O)C[NH+]2C[C@@H]3C[C@H](C2)c2cccc(=O)n2C3)C[C@H](C)O1. The standard InChI is InChI=1S/C21H29N3O4/c1-14-8-23(9-15(2)28-14)21(27)7-18(25)13-22-10-16-6-17(12-22)19-4-3-5-20(26)24(19)11-16/h3-5,14-17H,6-13H2,1-2H3/p+1/t14-,15+,16-,17+/m0/s1. The van der Waals surface area contributed by atoms with Crippen LogP contribution in [0.1, 0.15) is 38.3 Å². The molecule has 28 heavy (non-hydrogen) atoms. The third kappa shape index (κ3) is 4.05. The molecule has 1 amide bonds. The number of piperidine rings is 1. The lowest BCUT2D eigenvalue weighted by molar-refractivity contribution is -0.903. The largest absolute Gasteiger partial charge is 0.372 e. The van der Waals surface area contributed by atoms with Gasteiger partial charge < -0.3 is 19.1 Å². The molecule has 2 fully saturated rings. The van der Waals surface area contributed by atoms with E-state index in [4.69, 9.17) is 4.74 Å². The Morgan fingerprint density at radius 1 is 1.14 bits per heavy atom. The van der Waals surface area contributed by atoms with Crippen molar-refractivity contribution in [2.24, 2.45) is 5.92 Å². The number of carbonyl (C=O) groups is 2. The summed E-state index contributed by atoms with van der Waals surface area (Å²) in [5.41, 5.74) is 1.17. The van der Waals surface area contributed by atoms with Crippen LogP contribution in [-0.2, 0) is 20.9 Å². The van der Waals surface area contributed by atoms with E-state index in [2.05, 4.69) is 0 Å². The summed E-state index contributed by atoms with van der Waals surface area (Å²) in [5, 5.41) is 0. The number of amides is 1. The highest BCUT2D eigenvalue weighted by Crippen LogP contribution is 2.29. The van der Waals surface area contributed by atoms with Crippen LogP contribution < -0.4 is 10.5 Å². The number of likely N-dealkylation sites (tertiary alicyclic amines) is 1. The molecule has 3 aliphatic rings. The van der Waals surface area contributed by atoms with Crippen molar-refractivity contribution < 1.29 is 19.2 Å². The average molecular weight is 388 g/mol. The molecule has 152 valence electrons.